The van der Waals surface area contributed by atoms with Crippen LogP contribution in [0.3, 0.4) is 0 Å². The maximum atomic E-state index is 5.61. The molecular weight excluding hydrogens is 242 g/mol. The largest absolute Gasteiger partial charge is 0.497 e. The Hall–Kier alpha value is -2.01. The Labute approximate surface area is 113 Å². The van der Waals surface area contributed by atoms with E-state index in [4.69, 9.17) is 15.2 Å². The molecule has 102 valence electrons. The molecule has 19 heavy (non-hydrogen) atoms. The molecule has 0 aliphatic carbocycles. The van der Waals surface area contributed by atoms with Crippen LogP contribution in [0, 0.1) is 6.92 Å². The van der Waals surface area contributed by atoms with Gasteiger partial charge in [0.15, 0.2) is 0 Å². The minimum Gasteiger partial charge on any atom is -0.497 e. The lowest BCUT2D eigenvalue weighted by Gasteiger charge is -2.11. The van der Waals surface area contributed by atoms with Gasteiger partial charge in [-0.25, -0.2) is 4.98 Å². The number of nitrogens with zero attached hydrogens (tertiary/aromatic N) is 2. The van der Waals surface area contributed by atoms with E-state index in [-0.39, 0.29) is 0 Å². The zero-order valence-corrected chi connectivity index (χ0v) is 11.5. The highest BCUT2D eigenvalue weighted by Gasteiger charge is 2.09. The van der Waals surface area contributed by atoms with Crippen LogP contribution in [0.15, 0.2) is 24.4 Å². The number of hydrogen-bond acceptors (Lipinski definition) is 4. The molecule has 0 atom stereocenters. The number of ether oxygens (including phenoxy) is 2. The van der Waals surface area contributed by atoms with Crippen molar-refractivity contribution in [3.63, 3.8) is 0 Å². The normalized spacial score (nSPS) is 10.5. The second-order valence-electron chi connectivity index (χ2n) is 4.29. The van der Waals surface area contributed by atoms with Crippen LogP contribution in [0.5, 0.6) is 11.5 Å². The predicted molar refractivity (Wildman–Crippen MR) is 73.5 cm³/mol. The van der Waals surface area contributed by atoms with E-state index < -0.39 is 0 Å². The summed E-state index contributed by atoms with van der Waals surface area (Å²) in [7, 11) is 3.32. The van der Waals surface area contributed by atoms with Gasteiger partial charge in [0.2, 0.25) is 0 Å². The van der Waals surface area contributed by atoms with Crippen molar-refractivity contribution in [2.24, 2.45) is 5.73 Å². The van der Waals surface area contributed by atoms with E-state index in [0.29, 0.717) is 13.1 Å². The van der Waals surface area contributed by atoms with Gasteiger partial charge >= 0.3 is 0 Å². The Morgan fingerprint density at radius 2 is 2.05 bits per heavy atom. The van der Waals surface area contributed by atoms with E-state index >= 15 is 0 Å². The zero-order chi connectivity index (χ0) is 13.8. The topological polar surface area (TPSA) is 62.3 Å². The Bertz CT molecular complexity index is 564. The number of aryl methyl sites for hydroxylation is 1. The summed E-state index contributed by atoms with van der Waals surface area (Å²) in [6, 6.07) is 5.76. The minimum atomic E-state index is 0.448. The molecule has 0 saturated heterocycles. The molecule has 0 aliphatic heterocycles. The lowest BCUT2D eigenvalue weighted by molar-refractivity contribution is 0.397. The van der Waals surface area contributed by atoms with Crippen LogP contribution in [-0.4, -0.2) is 23.8 Å². The van der Waals surface area contributed by atoms with Gasteiger partial charge in [0.1, 0.15) is 17.3 Å². The van der Waals surface area contributed by atoms with Crippen LogP contribution in [0.2, 0.25) is 0 Å². The van der Waals surface area contributed by atoms with Crippen LogP contribution in [-0.2, 0) is 13.1 Å². The number of methoxy groups -OCH3 is 2. The molecule has 0 radical (unpaired) electrons. The fourth-order valence-corrected chi connectivity index (χ4v) is 2.02. The first-order valence-electron chi connectivity index (χ1n) is 6.11. The third-order valence-electron chi connectivity index (χ3n) is 3.06. The van der Waals surface area contributed by atoms with Gasteiger partial charge in [-0.2, -0.15) is 0 Å². The number of rotatable bonds is 5. The third kappa shape index (κ3) is 2.88. The molecule has 1 aromatic heterocycles. The van der Waals surface area contributed by atoms with E-state index in [1.54, 1.807) is 14.2 Å². The Kier molecular flexibility index (Phi) is 4.06. The van der Waals surface area contributed by atoms with Crippen LogP contribution in [0.25, 0.3) is 0 Å². The van der Waals surface area contributed by atoms with Crippen LogP contribution >= 0.6 is 0 Å². The molecule has 0 amide bonds. The molecule has 0 bridgehead atoms. The van der Waals surface area contributed by atoms with Gasteiger partial charge in [-0.1, -0.05) is 0 Å². The van der Waals surface area contributed by atoms with Crippen molar-refractivity contribution in [1.82, 2.24) is 9.55 Å². The van der Waals surface area contributed by atoms with Gasteiger partial charge in [0.25, 0.3) is 0 Å². The first-order chi connectivity index (χ1) is 9.17. The molecule has 0 spiro atoms. The van der Waals surface area contributed by atoms with Crippen molar-refractivity contribution < 1.29 is 9.47 Å². The van der Waals surface area contributed by atoms with Crippen molar-refractivity contribution in [1.29, 1.82) is 0 Å². The summed E-state index contributed by atoms with van der Waals surface area (Å²) in [5.41, 5.74) is 7.54. The van der Waals surface area contributed by atoms with Gasteiger partial charge in [0.05, 0.1) is 26.5 Å². The SMILES string of the molecule is COc1ccc(OC)c(Cn2cc(CN)nc2C)c1. The molecule has 2 aromatic rings. The Balaban J connectivity index is 2.33. The van der Waals surface area contributed by atoms with Gasteiger partial charge < -0.3 is 19.8 Å². The highest BCUT2D eigenvalue weighted by molar-refractivity contribution is 5.40. The standard InChI is InChI=1S/C14H19N3O2/c1-10-16-12(7-15)9-17(10)8-11-6-13(18-2)4-5-14(11)19-3/h4-6,9H,7-8,15H2,1-3H3. The summed E-state index contributed by atoms with van der Waals surface area (Å²) in [6.07, 6.45) is 1.97. The first kappa shape index (κ1) is 13.4. The molecule has 1 aromatic carbocycles. The Morgan fingerprint density at radius 1 is 1.26 bits per heavy atom. The van der Waals surface area contributed by atoms with Crippen molar-refractivity contribution >= 4 is 0 Å². The quantitative estimate of drug-likeness (QED) is 0.890. The first-order valence-corrected chi connectivity index (χ1v) is 6.11. The maximum Gasteiger partial charge on any atom is 0.124 e. The smallest absolute Gasteiger partial charge is 0.124 e. The van der Waals surface area contributed by atoms with Crippen molar-refractivity contribution in [2.75, 3.05) is 14.2 Å². The molecule has 0 saturated carbocycles. The number of nitrogens with two attached hydrogens (primary N) is 1. The number of aromatic nitrogens is 2. The maximum absolute atomic E-state index is 5.61. The number of hydrogen-bond donors (Lipinski definition) is 1. The minimum absolute atomic E-state index is 0.448. The van der Waals surface area contributed by atoms with Gasteiger partial charge in [-0.05, 0) is 25.1 Å². The molecule has 0 aliphatic rings. The monoisotopic (exact) mass is 261 g/mol. The lowest BCUT2D eigenvalue weighted by atomic mass is 10.2. The highest BCUT2D eigenvalue weighted by atomic mass is 16.5. The van der Waals surface area contributed by atoms with Crippen LogP contribution in [0.4, 0.5) is 0 Å². The molecule has 0 unspecified atom stereocenters. The number of benzene rings is 1. The summed E-state index contributed by atoms with van der Waals surface area (Å²) >= 11 is 0. The molecule has 5 heteroatoms. The fourth-order valence-electron chi connectivity index (χ4n) is 2.02. The molecular formula is C14H19N3O2. The molecule has 1 heterocycles. The highest BCUT2D eigenvalue weighted by Crippen LogP contribution is 2.25. The van der Waals surface area contributed by atoms with E-state index in [2.05, 4.69) is 9.55 Å². The fraction of sp³-hybridized carbons (Fsp3) is 0.357. The average molecular weight is 261 g/mol. The number of imidazole rings is 1. The summed E-state index contributed by atoms with van der Waals surface area (Å²) in [6.45, 7) is 3.09. The zero-order valence-electron chi connectivity index (χ0n) is 11.5. The van der Waals surface area contributed by atoms with Gasteiger partial charge in [-0.15, -0.1) is 0 Å². The summed E-state index contributed by atoms with van der Waals surface area (Å²) in [5.74, 6) is 2.58. The van der Waals surface area contributed by atoms with Gasteiger partial charge in [-0.3, -0.25) is 0 Å². The van der Waals surface area contributed by atoms with Crippen molar-refractivity contribution in [2.45, 2.75) is 20.0 Å². The van der Waals surface area contributed by atoms with Crippen LogP contribution < -0.4 is 15.2 Å². The Morgan fingerprint density at radius 3 is 2.63 bits per heavy atom. The van der Waals surface area contributed by atoms with E-state index in [1.165, 1.54) is 0 Å². The van der Waals surface area contributed by atoms with E-state index in [0.717, 1.165) is 28.6 Å². The average Bonchev–Trinajstić information content (AvgIpc) is 2.79. The summed E-state index contributed by atoms with van der Waals surface area (Å²) in [4.78, 5) is 4.39. The van der Waals surface area contributed by atoms with Crippen molar-refractivity contribution in [3.05, 3.63) is 41.5 Å². The van der Waals surface area contributed by atoms with E-state index in [1.807, 2.05) is 31.3 Å². The van der Waals surface area contributed by atoms with Crippen LogP contribution in [0.1, 0.15) is 17.1 Å². The molecule has 2 rings (SSSR count). The molecule has 2 N–H and O–H groups in total. The van der Waals surface area contributed by atoms with E-state index in [9.17, 15) is 0 Å². The van der Waals surface area contributed by atoms with Gasteiger partial charge in [0, 0.05) is 18.3 Å². The molecule has 5 nitrogen and oxygen atoms in total. The second kappa shape index (κ2) is 5.75. The molecule has 0 fully saturated rings. The summed E-state index contributed by atoms with van der Waals surface area (Å²) < 4.78 is 12.7. The predicted octanol–water partition coefficient (Wildman–Crippen LogP) is 1.72. The third-order valence-corrected chi connectivity index (χ3v) is 3.06. The summed E-state index contributed by atoms with van der Waals surface area (Å²) in [5, 5.41) is 0. The van der Waals surface area contributed by atoms with Crippen molar-refractivity contribution in [3.8, 4) is 11.5 Å². The second-order valence-corrected chi connectivity index (χ2v) is 4.29. The lowest BCUT2D eigenvalue weighted by Crippen LogP contribution is -2.03.